The molecular formula is C11H6BrNS3. The molecule has 3 aromatic rings. The van der Waals surface area contributed by atoms with Crippen LogP contribution >= 0.6 is 49.9 Å². The van der Waals surface area contributed by atoms with Gasteiger partial charge >= 0.3 is 0 Å². The van der Waals surface area contributed by atoms with Gasteiger partial charge in [-0.05, 0) is 39.5 Å². The molecular weight excluding hydrogens is 322 g/mol. The van der Waals surface area contributed by atoms with Gasteiger partial charge < -0.3 is 0 Å². The smallest absolute Gasteiger partial charge is 0.133 e. The first-order valence-electron chi connectivity index (χ1n) is 4.58. The summed E-state index contributed by atoms with van der Waals surface area (Å²) in [6, 6.07) is 8.37. The molecule has 3 rings (SSSR count). The fourth-order valence-corrected chi connectivity index (χ4v) is 4.53. The van der Waals surface area contributed by atoms with Crippen LogP contribution in [0.15, 0.2) is 39.6 Å². The molecule has 0 unspecified atom stereocenters. The Bertz CT molecular complexity index is 594. The standard InChI is InChI=1S/C11H6BrNS3/c12-10-4-3-8(15-10)11-13-6-9(16-11)7-2-1-5-14-7/h1-6H. The Balaban J connectivity index is 2.00. The summed E-state index contributed by atoms with van der Waals surface area (Å²) < 4.78 is 1.15. The van der Waals surface area contributed by atoms with E-state index in [-0.39, 0.29) is 0 Å². The molecule has 80 valence electrons. The molecule has 0 aromatic carbocycles. The van der Waals surface area contributed by atoms with E-state index in [0.29, 0.717) is 0 Å². The molecule has 16 heavy (non-hydrogen) atoms. The number of aromatic nitrogens is 1. The van der Waals surface area contributed by atoms with E-state index in [0.717, 1.165) is 8.79 Å². The lowest BCUT2D eigenvalue weighted by molar-refractivity contribution is 1.43. The fourth-order valence-electron chi connectivity index (χ4n) is 1.35. The highest BCUT2D eigenvalue weighted by Gasteiger charge is 2.08. The Morgan fingerprint density at radius 3 is 2.62 bits per heavy atom. The molecule has 0 aliphatic rings. The number of nitrogens with zero attached hydrogens (tertiary/aromatic N) is 1. The highest BCUT2D eigenvalue weighted by molar-refractivity contribution is 9.11. The lowest BCUT2D eigenvalue weighted by Crippen LogP contribution is -1.63. The maximum atomic E-state index is 4.47. The molecule has 0 N–H and O–H groups in total. The summed E-state index contributed by atoms with van der Waals surface area (Å²) in [5.41, 5.74) is 0. The van der Waals surface area contributed by atoms with Crippen LogP contribution in [-0.4, -0.2) is 4.98 Å². The van der Waals surface area contributed by atoms with E-state index in [2.05, 4.69) is 50.6 Å². The molecule has 0 saturated carbocycles. The SMILES string of the molecule is Brc1ccc(-c2ncc(-c3cccs3)s2)s1. The Morgan fingerprint density at radius 2 is 1.94 bits per heavy atom. The van der Waals surface area contributed by atoms with Crippen LogP contribution in [0.2, 0.25) is 0 Å². The summed E-state index contributed by atoms with van der Waals surface area (Å²) in [6.45, 7) is 0. The quantitative estimate of drug-likeness (QED) is 0.617. The molecule has 0 spiro atoms. The molecule has 0 aliphatic heterocycles. The topological polar surface area (TPSA) is 12.9 Å². The van der Waals surface area contributed by atoms with E-state index in [1.165, 1.54) is 14.6 Å². The first kappa shape index (κ1) is 10.7. The van der Waals surface area contributed by atoms with Gasteiger partial charge in [-0.3, -0.25) is 0 Å². The van der Waals surface area contributed by atoms with Gasteiger partial charge in [0.15, 0.2) is 0 Å². The van der Waals surface area contributed by atoms with Crippen LogP contribution in [-0.2, 0) is 0 Å². The van der Waals surface area contributed by atoms with E-state index in [1.807, 2.05) is 6.20 Å². The number of thiazole rings is 1. The first-order valence-corrected chi connectivity index (χ1v) is 7.89. The van der Waals surface area contributed by atoms with Crippen molar-refractivity contribution in [1.82, 2.24) is 4.98 Å². The summed E-state index contributed by atoms with van der Waals surface area (Å²) in [6.07, 6.45) is 1.96. The second-order valence-electron chi connectivity index (χ2n) is 3.11. The van der Waals surface area contributed by atoms with Gasteiger partial charge in [0, 0.05) is 11.1 Å². The molecule has 3 heterocycles. The second kappa shape index (κ2) is 4.41. The van der Waals surface area contributed by atoms with Crippen molar-refractivity contribution in [2.45, 2.75) is 0 Å². The molecule has 0 amide bonds. The minimum absolute atomic E-state index is 1.10. The lowest BCUT2D eigenvalue weighted by Gasteiger charge is -1.87. The van der Waals surface area contributed by atoms with Crippen LogP contribution in [0.1, 0.15) is 0 Å². The Kier molecular flexibility index (Phi) is 2.93. The molecule has 0 radical (unpaired) electrons. The highest BCUT2D eigenvalue weighted by atomic mass is 79.9. The third kappa shape index (κ3) is 2.00. The van der Waals surface area contributed by atoms with Crippen molar-refractivity contribution >= 4 is 49.9 Å². The van der Waals surface area contributed by atoms with E-state index in [1.54, 1.807) is 34.0 Å². The van der Waals surface area contributed by atoms with Gasteiger partial charge in [0.1, 0.15) is 5.01 Å². The predicted molar refractivity (Wildman–Crippen MR) is 76.4 cm³/mol. The van der Waals surface area contributed by atoms with Crippen molar-refractivity contribution in [2.24, 2.45) is 0 Å². The fraction of sp³-hybridized carbons (Fsp3) is 0. The molecule has 0 atom stereocenters. The minimum atomic E-state index is 1.10. The summed E-state index contributed by atoms with van der Waals surface area (Å²) in [7, 11) is 0. The molecule has 5 heteroatoms. The van der Waals surface area contributed by atoms with Crippen molar-refractivity contribution in [2.75, 3.05) is 0 Å². The Labute approximate surface area is 114 Å². The maximum absolute atomic E-state index is 4.47. The third-order valence-electron chi connectivity index (χ3n) is 2.05. The van der Waals surface area contributed by atoms with E-state index in [4.69, 9.17) is 0 Å². The number of rotatable bonds is 2. The highest BCUT2D eigenvalue weighted by Crippen LogP contribution is 2.37. The molecule has 1 nitrogen and oxygen atoms in total. The maximum Gasteiger partial charge on any atom is 0.133 e. The Morgan fingerprint density at radius 1 is 1.00 bits per heavy atom. The second-order valence-corrected chi connectivity index (χ2v) is 7.55. The average molecular weight is 328 g/mol. The van der Waals surface area contributed by atoms with Crippen molar-refractivity contribution in [3.05, 3.63) is 39.6 Å². The summed E-state index contributed by atoms with van der Waals surface area (Å²) in [5, 5.41) is 3.19. The zero-order valence-corrected chi connectivity index (χ0v) is 12.0. The molecule has 0 fully saturated rings. The van der Waals surface area contributed by atoms with Gasteiger partial charge in [-0.15, -0.1) is 34.0 Å². The monoisotopic (exact) mass is 327 g/mol. The number of thiophene rings is 2. The normalized spacial score (nSPS) is 10.8. The summed E-state index contributed by atoms with van der Waals surface area (Å²) in [4.78, 5) is 8.23. The summed E-state index contributed by atoms with van der Waals surface area (Å²) in [5.74, 6) is 0. The van der Waals surface area contributed by atoms with Crippen molar-refractivity contribution in [3.63, 3.8) is 0 Å². The number of halogens is 1. The number of hydrogen-bond acceptors (Lipinski definition) is 4. The number of hydrogen-bond donors (Lipinski definition) is 0. The minimum Gasteiger partial charge on any atom is -0.243 e. The van der Waals surface area contributed by atoms with Crippen LogP contribution in [0.4, 0.5) is 0 Å². The van der Waals surface area contributed by atoms with Crippen molar-refractivity contribution < 1.29 is 0 Å². The molecule has 0 saturated heterocycles. The van der Waals surface area contributed by atoms with Crippen LogP contribution in [0.5, 0.6) is 0 Å². The van der Waals surface area contributed by atoms with Gasteiger partial charge in [0.2, 0.25) is 0 Å². The first-order chi connectivity index (χ1) is 7.83. The zero-order chi connectivity index (χ0) is 11.0. The molecule has 0 bridgehead atoms. The lowest BCUT2D eigenvalue weighted by atomic mass is 10.4. The van der Waals surface area contributed by atoms with Gasteiger partial charge in [-0.2, -0.15) is 0 Å². The summed E-state index contributed by atoms with van der Waals surface area (Å²) >= 11 is 8.69. The van der Waals surface area contributed by atoms with Crippen LogP contribution in [0.25, 0.3) is 19.6 Å². The molecule has 0 aliphatic carbocycles. The molecule has 3 aromatic heterocycles. The van der Waals surface area contributed by atoms with Gasteiger partial charge in [-0.25, -0.2) is 4.98 Å². The van der Waals surface area contributed by atoms with E-state index in [9.17, 15) is 0 Å². The largest absolute Gasteiger partial charge is 0.243 e. The van der Waals surface area contributed by atoms with Gasteiger partial charge in [0.05, 0.1) is 13.5 Å². The van der Waals surface area contributed by atoms with Gasteiger partial charge in [0.25, 0.3) is 0 Å². The average Bonchev–Trinajstić information content (AvgIpc) is 2.97. The van der Waals surface area contributed by atoms with E-state index < -0.39 is 0 Å². The van der Waals surface area contributed by atoms with E-state index >= 15 is 0 Å². The van der Waals surface area contributed by atoms with Crippen molar-refractivity contribution in [1.29, 1.82) is 0 Å². The van der Waals surface area contributed by atoms with Gasteiger partial charge in [-0.1, -0.05) is 6.07 Å². The van der Waals surface area contributed by atoms with Crippen molar-refractivity contribution in [3.8, 4) is 19.6 Å². The van der Waals surface area contributed by atoms with Crippen LogP contribution in [0.3, 0.4) is 0 Å². The van der Waals surface area contributed by atoms with Crippen LogP contribution in [0, 0.1) is 0 Å². The Hall–Kier alpha value is -0.490. The zero-order valence-electron chi connectivity index (χ0n) is 8.01. The predicted octanol–water partition coefficient (Wildman–Crippen LogP) is 5.36. The van der Waals surface area contributed by atoms with Crippen LogP contribution < -0.4 is 0 Å². The third-order valence-corrected chi connectivity index (χ3v) is 5.91.